The number of hydrogen-bond acceptors (Lipinski definition) is 3. The standard InChI is InChI=1S/C10H16N4O2/c1-8(15)11-5-3-10(16)14-4-2-9-12-6-7-13-9/h6-7H,2-5H2,1H3,(H,11,15)(H,12,13)(H,14,16). The van der Waals surface area contributed by atoms with Crippen molar-refractivity contribution in [3.63, 3.8) is 0 Å². The zero-order chi connectivity index (χ0) is 11.8. The van der Waals surface area contributed by atoms with Gasteiger partial charge >= 0.3 is 0 Å². The Morgan fingerprint density at radius 3 is 2.81 bits per heavy atom. The largest absolute Gasteiger partial charge is 0.356 e. The summed E-state index contributed by atoms with van der Waals surface area (Å²) in [5.41, 5.74) is 0. The molecule has 0 spiro atoms. The normalized spacial score (nSPS) is 9.81. The third-order valence-electron chi connectivity index (χ3n) is 1.96. The summed E-state index contributed by atoms with van der Waals surface area (Å²) in [6.07, 6.45) is 4.40. The second-order valence-electron chi connectivity index (χ2n) is 3.37. The molecule has 6 nitrogen and oxygen atoms in total. The van der Waals surface area contributed by atoms with Gasteiger partial charge in [-0.15, -0.1) is 0 Å². The van der Waals surface area contributed by atoms with Crippen LogP contribution in [0.15, 0.2) is 12.4 Å². The molecule has 0 fully saturated rings. The number of hydrogen-bond donors (Lipinski definition) is 3. The highest BCUT2D eigenvalue weighted by atomic mass is 16.2. The van der Waals surface area contributed by atoms with Gasteiger partial charge in [-0.3, -0.25) is 9.59 Å². The minimum atomic E-state index is -0.122. The SMILES string of the molecule is CC(=O)NCCC(=O)NCCc1ncc[nH]1. The number of carbonyl (C=O) groups excluding carboxylic acids is 2. The molecule has 0 aliphatic rings. The smallest absolute Gasteiger partial charge is 0.221 e. The van der Waals surface area contributed by atoms with Crippen LogP contribution in [0.4, 0.5) is 0 Å². The monoisotopic (exact) mass is 224 g/mol. The van der Waals surface area contributed by atoms with E-state index in [1.165, 1.54) is 6.92 Å². The van der Waals surface area contributed by atoms with Crippen LogP contribution in [0.25, 0.3) is 0 Å². The van der Waals surface area contributed by atoms with E-state index in [1.54, 1.807) is 12.4 Å². The van der Waals surface area contributed by atoms with Crippen molar-refractivity contribution in [3.8, 4) is 0 Å². The van der Waals surface area contributed by atoms with Crippen LogP contribution in [0.2, 0.25) is 0 Å². The number of H-pyrrole nitrogens is 1. The van der Waals surface area contributed by atoms with Gasteiger partial charge in [0, 0.05) is 45.2 Å². The predicted octanol–water partition coefficient (Wildman–Crippen LogP) is -0.405. The summed E-state index contributed by atoms with van der Waals surface area (Å²) in [5.74, 6) is 0.658. The first-order valence-electron chi connectivity index (χ1n) is 5.18. The topological polar surface area (TPSA) is 86.9 Å². The third kappa shape index (κ3) is 5.14. The molecule has 0 saturated heterocycles. The van der Waals surface area contributed by atoms with E-state index in [4.69, 9.17) is 0 Å². The number of aromatic nitrogens is 2. The molecule has 2 amide bonds. The van der Waals surface area contributed by atoms with Crippen molar-refractivity contribution < 1.29 is 9.59 Å². The zero-order valence-corrected chi connectivity index (χ0v) is 9.25. The fraction of sp³-hybridized carbons (Fsp3) is 0.500. The van der Waals surface area contributed by atoms with Crippen LogP contribution < -0.4 is 10.6 Å². The zero-order valence-electron chi connectivity index (χ0n) is 9.25. The van der Waals surface area contributed by atoms with Gasteiger partial charge in [0.05, 0.1) is 0 Å². The maximum atomic E-state index is 11.3. The molecule has 1 aromatic rings. The lowest BCUT2D eigenvalue weighted by molar-refractivity contribution is -0.121. The minimum absolute atomic E-state index is 0.0692. The van der Waals surface area contributed by atoms with Gasteiger partial charge in [0.1, 0.15) is 5.82 Å². The Hall–Kier alpha value is -1.85. The van der Waals surface area contributed by atoms with E-state index in [1.807, 2.05) is 0 Å². The number of aromatic amines is 1. The maximum Gasteiger partial charge on any atom is 0.221 e. The van der Waals surface area contributed by atoms with Crippen molar-refractivity contribution in [3.05, 3.63) is 18.2 Å². The van der Waals surface area contributed by atoms with Gasteiger partial charge < -0.3 is 15.6 Å². The van der Waals surface area contributed by atoms with Crippen LogP contribution in [0.5, 0.6) is 0 Å². The van der Waals surface area contributed by atoms with Gasteiger partial charge in [-0.2, -0.15) is 0 Å². The van der Waals surface area contributed by atoms with E-state index in [9.17, 15) is 9.59 Å². The second kappa shape index (κ2) is 6.60. The summed E-state index contributed by atoms with van der Waals surface area (Å²) in [7, 11) is 0. The van der Waals surface area contributed by atoms with Crippen LogP contribution in [0, 0.1) is 0 Å². The van der Waals surface area contributed by atoms with Crippen LogP contribution in [0.1, 0.15) is 19.2 Å². The summed E-state index contributed by atoms with van der Waals surface area (Å²) in [4.78, 5) is 28.8. The van der Waals surface area contributed by atoms with Crippen LogP contribution in [-0.4, -0.2) is 34.9 Å². The van der Waals surface area contributed by atoms with Crippen molar-refractivity contribution in [2.24, 2.45) is 0 Å². The lowest BCUT2D eigenvalue weighted by atomic mass is 10.3. The van der Waals surface area contributed by atoms with Crippen molar-refractivity contribution >= 4 is 11.8 Å². The van der Waals surface area contributed by atoms with Gasteiger partial charge in [0.2, 0.25) is 11.8 Å². The molecule has 0 atom stereocenters. The Morgan fingerprint density at radius 1 is 1.38 bits per heavy atom. The molecule has 0 bridgehead atoms. The molecule has 1 heterocycles. The highest BCUT2D eigenvalue weighted by Crippen LogP contribution is 1.88. The number of carbonyl (C=O) groups is 2. The fourth-order valence-electron chi connectivity index (χ4n) is 1.20. The molecule has 6 heteroatoms. The molecule has 16 heavy (non-hydrogen) atoms. The lowest BCUT2D eigenvalue weighted by Gasteiger charge is -2.04. The van der Waals surface area contributed by atoms with Crippen molar-refractivity contribution in [1.82, 2.24) is 20.6 Å². The number of rotatable bonds is 6. The number of nitrogens with one attached hydrogen (secondary N) is 3. The molecule has 0 unspecified atom stereocenters. The number of amides is 2. The van der Waals surface area contributed by atoms with E-state index < -0.39 is 0 Å². The van der Waals surface area contributed by atoms with E-state index in [2.05, 4.69) is 20.6 Å². The fourth-order valence-corrected chi connectivity index (χ4v) is 1.20. The van der Waals surface area contributed by atoms with E-state index in [0.717, 1.165) is 5.82 Å². The second-order valence-corrected chi connectivity index (χ2v) is 3.37. The Balaban J connectivity index is 2.04. The van der Waals surface area contributed by atoms with E-state index in [0.29, 0.717) is 25.9 Å². The highest BCUT2D eigenvalue weighted by Gasteiger charge is 2.01. The first-order valence-corrected chi connectivity index (χ1v) is 5.18. The van der Waals surface area contributed by atoms with Crippen LogP contribution in [0.3, 0.4) is 0 Å². The molecule has 88 valence electrons. The molecule has 0 radical (unpaired) electrons. The van der Waals surface area contributed by atoms with Gasteiger partial charge in [-0.25, -0.2) is 4.98 Å². The van der Waals surface area contributed by atoms with Crippen molar-refractivity contribution in [1.29, 1.82) is 0 Å². The first-order chi connectivity index (χ1) is 7.68. The Kier molecular flexibility index (Phi) is 5.04. The van der Waals surface area contributed by atoms with E-state index >= 15 is 0 Å². The summed E-state index contributed by atoms with van der Waals surface area (Å²) >= 11 is 0. The molecule has 0 aliphatic carbocycles. The van der Waals surface area contributed by atoms with Crippen molar-refractivity contribution in [2.75, 3.05) is 13.1 Å². The summed E-state index contributed by atoms with van der Waals surface area (Å²) in [6, 6.07) is 0. The van der Waals surface area contributed by atoms with E-state index in [-0.39, 0.29) is 11.8 Å². The third-order valence-corrected chi connectivity index (χ3v) is 1.96. The molecular weight excluding hydrogens is 208 g/mol. The Morgan fingerprint density at radius 2 is 2.19 bits per heavy atom. The van der Waals surface area contributed by atoms with Crippen LogP contribution >= 0.6 is 0 Å². The lowest BCUT2D eigenvalue weighted by Crippen LogP contribution is -2.30. The van der Waals surface area contributed by atoms with Crippen molar-refractivity contribution in [2.45, 2.75) is 19.8 Å². The number of nitrogens with zero attached hydrogens (tertiary/aromatic N) is 1. The molecule has 3 N–H and O–H groups in total. The Labute approximate surface area is 93.8 Å². The molecule has 1 aromatic heterocycles. The van der Waals surface area contributed by atoms with Gasteiger partial charge in [0.15, 0.2) is 0 Å². The summed E-state index contributed by atoms with van der Waals surface area (Å²) < 4.78 is 0. The summed E-state index contributed by atoms with van der Waals surface area (Å²) in [6.45, 7) is 2.35. The first kappa shape index (κ1) is 12.2. The van der Waals surface area contributed by atoms with Gasteiger partial charge in [-0.1, -0.05) is 0 Å². The Bertz CT molecular complexity index is 335. The summed E-state index contributed by atoms with van der Waals surface area (Å²) in [5, 5.41) is 5.31. The molecule has 0 saturated carbocycles. The van der Waals surface area contributed by atoms with Gasteiger partial charge in [-0.05, 0) is 0 Å². The average Bonchev–Trinajstić information content (AvgIpc) is 2.70. The molecule has 0 aromatic carbocycles. The molecule has 1 rings (SSSR count). The molecular formula is C10H16N4O2. The highest BCUT2D eigenvalue weighted by molar-refractivity contribution is 5.77. The number of imidazole rings is 1. The predicted molar refractivity (Wildman–Crippen MR) is 58.6 cm³/mol. The maximum absolute atomic E-state index is 11.3. The van der Waals surface area contributed by atoms with Gasteiger partial charge in [0.25, 0.3) is 0 Å². The average molecular weight is 224 g/mol. The quantitative estimate of drug-likeness (QED) is 0.614. The van der Waals surface area contributed by atoms with Crippen LogP contribution in [-0.2, 0) is 16.0 Å². The molecule has 0 aliphatic heterocycles. The minimum Gasteiger partial charge on any atom is -0.356 e.